The molecule has 32 heavy (non-hydrogen) atoms. The molecule has 0 aliphatic heterocycles. The Morgan fingerprint density at radius 1 is 0.938 bits per heavy atom. The van der Waals surface area contributed by atoms with Gasteiger partial charge in [-0.3, -0.25) is 9.59 Å². The SMILES string of the molecule is Cc1cccc(NC(=O)c2cccc(/C=C/C(=O)Nc3ccccc3-c3ncc[nH]3)c2)c1. The molecule has 0 atom stereocenters. The number of aryl methyl sites for hydroxylation is 1. The number of rotatable bonds is 6. The molecule has 3 aromatic carbocycles. The van der Waals surface area contributed by atoms with Crippen LogP contribution in [-0.2, 0) is 4.79 Å². The van der Waals surface area contributed by atoms with Gasteiger partial charge in [-0.25, -0.2) is 4.98 Å². The van der Waals surface area contributed by atoms with Gasteiger partial charge in [0.2, 0.25) is 5.91 Å². The van der Waals surface area contributed by atoms with E-state index in [9.17, 15) is 9.59 Å². The van der Waals surface area contributed by atoms with Gasteiger partial charge in [-0.1, -0.05) is 36.4 Å². The Morgan fingerprint density at radius 2 is 1.78 bits per heavy atom. The summed E-state index contributed by atoms with van der Waals surface area (Å²) in [6.07, 6.45) is 6.51. The second-order valence-electron chi connectivity index (χ2n) is 7.26. The van der Waals surface area contributed by atoms with Crippen molar-refractivity contribution in [1.29, 1.82) is 0 Å². The number of H-pyrrole nitrogens is 1. The molecule has 0 radical (unpaired) electrons. The zero-order valence-electron chi connectivity index (χ0n) is 17.5. The molecule has 0 bridgehead atoms. The molecule has 4 aromatic rings. The quantitative estimate of drug-likeness (QED) is 0.369. The molecule has 0 fully saturated rings. The number of hydrogen-bond donors (Lipinski definition) is 3. The van der Waals surface area contributed by atoms with E-state index in [2.05, 4.69) is 20.6 Å². The van der Waals surface area contributed by atoms with Gasteiger partial charge in [-0.2, -0.15) is 0 Å². The fourth-order valence-corrected chi connectivity index (χ4v) is 3.27. The van der Waals surface area contributed by atoms with Crippen LogP contribution in [0, 0.1) is 6.92 Å². The lowest BCUT2D eigenvalue weighted by Crippen LogP contribution is -2.12. The number of amides is 2. The maximum absolute atomic E-state index is 12.6. The van der Waals surface area contributed by atoms with E-state index in [1.165, 1.54) is 6.08 Å². The van der Waals surface area contributed by atoms with Crippen LogP contribution in [-0.4, -0.2) is 21.8 Å². The number of anilines is 2. The summed E-state index contributed by atoms with van der Waals surface area (Å²) in [5.41, 5.74) is 4.52. The second-order valence-corrected chi connectivity index (χ2v) is 7.26. The van der Waals surface area contributed by atoms with Gasteiger partial charge in [0, 0.05) is 35.3 Å². The molecule has 3 N–H and O–H groups in total. The molecule has 158 valence electrons. The normalized spacial score (nSPS) is 10.8. The summed E-state index contributed by atoms with van der Waals surface area (Å²) < 4.78 is 0. The summed E-state index contributed by atoms with van der Waals surface area (Å²) in [5.74, 6) is 0.193. The van der Waals surface area contributed by atoms with Gasteiger partial charge in [0.15, 0.2) is 0 Å². The molecular weight excluding hydrogens is 400 g/mol. The molecule has 0 unspecified atom stereocenters. The number of nitrogens with zero attached hydrogens (tertiary/aromatic N) is 1. The maximum atomic E-state index is 12.6. The van der Waals surface area contributed by atoms with Crippen molar-refractivity contribution in [1.82, 2.24) is 9.97 Å². The molecule has 1 heterocycles. The summed E-state index contributed by atoms with van der Waals surface area (Å²) in [7, 11) is 0. The Labute approximate surface area is 186 Å². The highest BCUT2D eigenvalue weighted by Gasteiger charge is 2.09. The summed E-state index contributed by atoms with van der Waals surface area (Å²) in [4.78, 5) is 32.4. The third kappa shape index (κ3) is 5.17. The molecule has 0 saturated carbocycles. The van der Waals surface area contributed by atoms with E-state index in [1.54, 1.807) is 36.7 Å². The standard InChI is InChI=1S/C26H22N4O2/c1-18-6-4-9-21(16-18)29-26(32)20-8-5-7-19(17-20)12-13-24(31)30-23-11-3-2-10-22(23)25-27-14-15-28-25/h2-17H,1H3,(H,27,28)(H,29,32)(H,30,31)/b13-12+. The highest BCUT2D eigenvalue weighted by molar-refractivity contribution is 6.06. The Bertz CT molecular complexity index is 1280. The Balaban J connectivity index is 1.44. The minimum atomic E-state index is -0.279. The van der Waals surface area contributed by atoms with E-state index in [-0.39, 0.29) is 11.8 Å². The van der Waals surface area contributed by atoms with Crippen molar-refractivity contribution < 1.29 is 9.59 Å². The number of para-hydroxylation sites is 1. The number of benzene rings is 3. The number of carbonyl (C=O) groups is 2. The summed E-state index contributed by atoms with van der Waals surface area (Å²) >= 11 is 0. The first-order chi connectivity index (χ1) is 15.6. The number of aromatic amines is 1. The van der Waals surface area contributed by atoms with Gasteiger partial charge in [0.1, 0.15) is 5.82 Å². The van der Waals surface area contributed by atoms with Crippen LogP contribution in [0.15, 0.2) is 91.3 Å². The van der Waals surface area contributed by atoms with Gasteiger partial charge in [0.25, 0.3) is 5.91 Å². The molecule has 4 rings (SSSR count). The van der Waals surface area contributed by atoms with Crippen molar-refractivity contribution in [2.45, 2.75) is 6.92 Å². The topological polar surface area (TPSA) is 86.9 Å². The molecule has 0 aliphatic carbocycles. The van der Waals surface area contributed by atoms with Crippen molar-refractivity contribution in [3.8, 4) is 11.4 Å². The lowest BCUT2D eigenvalue weighted by molar-refractivity contribution is -0.111. The third-order valence-corrected chi connectivity index (χ3v) is 4.79. The first-order valence-corrected chi connectivity index (χ1v) is 10.1. The van der Waals surface area contributed by atoms with Crippen LogP contribution in [0.3, 0.4) is 0 Å². The van der Waals surface area contributed by atoms with Crippen LogP contribution in [0.25, 0.3) is 17.5 Å². The van der Waals surface area contributed by atoms with Crippen LogP contribution in [0.1, 0.15) is 21.5 Å². The Morgan fingerprint density at radius 3 is 2.59 bits per heavy atom. The van der Waals surface area contributed by atoms with Crippen LogP contribution >= 0.6 is 0 Å². The molecule has 0 aliphatic rings. The first kappa shape index (κ1) is 20.8. The van der Waals surface area contributed by atoms with Gasteiger partial charge in [-0.15, -0.1) is 0 Å². The first-order valence-electron chi connectivity index (χ1n) is 10.1. The average Bonchev–Trinajstić information content (AvgIpc) is 3.33. The van der Waals surface area contributed by atoms with Gasteiger partial charge < -0.3 is 15.6 Å². The van der Waals surface area contributed by atoms with Crippen LogP contribution in [0.2, 0.25) is 0 Å². The van der Waals surface area contributed by atoms with Crippen molar-refractivity contribution >= 4 is 29.3 Å². The monoisotopic (exact) mass is 422 g/mol. The van der Waals surface area contributed by atoms with E-state index in [1.807, 2.05) is 61.5 Å². The van der Waals surface area contributed by atoms with Gasteiger partial charge in [0.05, 0.1) is 5.69 Å². The second kappa shape index (κ2) is 9.57. The smallest absolute Gasteiger partial charge is 0.255 e. The number of nitrogens with one attached hydrogen (secondary N) is 3. The lowest BCUT2D eigenvalue weighted by atomic mass is 10.1. The average molecular weight is 422 g/mol. The fraction of sp³-hybridized carbons (Fsp3) is 0.0385. The Kier molecular flexibility index (Phi) is 6.22. The van der Waals surface area contributed by atoms with Crippen molar-refractivity contribution in [3.63, 3.8) is 0 Å². The zero-order valence-corrected chi connectivity index (χ0v) is 17.5. The van der Waals surface area contributed by atoms with Crippen molar-refractivity contribution in [2.75, 3.05) is 10.6 Å². The maximum Gasteiger partial charge on any atom is 0.255 e. The molecular formula is C26H22N4O2. The number of aromatic nitrogens is 2. The fourth-order valence-electron chi connectivity index (χ4n) is 3.27. The van der Waals surface area contributed by atoms with Gasteiger partial charge in [-0.05, 0) is 60.5 Å². The highest BCUT2D eigenvalue weighted by Crippen LogP contribution is 2.24. The predicted octanol–water partition coefficient (Wildman–Crippen LogP) is 5.29. The molecule has 2 amide bonds. The molecule has 1 aromatic heterocycles. The molecule has 0 spiro atoms. The number of hydrogen-bond acceptors (Lipinski definition) is 3. The van der Waals surface area contributed by atoms with E-state index < -0.39 is 0 Å². The summed E-state index contributed by atoms with van der Waals surface area (Å²) in [6.45, 7) is 1.97. The number of imidazole rings is 1. The number of carbonyl (C=O) groups excluding carboxylic acids is 2. The van der Waals surface area contributed by atoms with Gasteiger partial charge >= 0.3 is 0 Å². The van der Waals surface area contributed by atoms with Crippen LogP contribution < -0.4 is 10.6 Å². The minimum absolute atomic E-state index is 0.206. The van der Waals surface area contributed by atoms with Crippen LogP contribution in [0.5, 0.6) is 0 Å². The summed E-state index contributed by atoms with van der Waals surface area (Å²) in [6, 6.07) is 22.2. The largest absolute Gasteiger partial charge is 0.345 e. The zero-order chi connectivity index (χ0) is 22.3. The summed E-state index contributed by atoms with van der Waals surface area (Å²) in [5, 5.41) is 5.77. The van der Waals surface area contributed by atoms with E-state index >= 15 is 0 Å². The molecule has 0 saturated heterocycles. The molecule has 6 nitrogen and oxygen atoms in total. The Hall–Kier alpha value is -4.45. The van der Waals surface area contributed by atoms with E-state index in [4.69, 9.17) is 0 Å². The van der Waals surface area contributed by atoms with E-state index in [0.29, 0.717) is 17.1 Å². The predicted molar refractivity (Wildman–Crippen MR) is 127 cm³/mol. The molecule has 6 heteroatoms. The highest BCUT2D eigenvalue weighted by atomic mass is 16.2. The minimum Gasteiger partial charge on any atom is -0.345 e. The van der Waals surface area contributed by atoms with Crippen molar-refractivity contribution in [2.24, 2.45) is 0 Å². The van der Waals surface area contributed by atoms with Crippen LogP contribution in [0.4, 0.5) is 11.4 Å². The lowest BCUT2D eigenvalue weighted by Gasteiger charge is -2.08. The van der Waals surface area contributed by atoms with E-state index in [0.717, 1.165) is 22.4 Å². The van der Waals surface area contributed by atoms with Crippen molar-refractivity contribution in [3.05, 3.63) is 108 Å². The third-order valence-electron chi connectivity index (χ3n) is 4.79.